The van der Waals surface area contributed by atoms with E-state index in [1.807, 2.05) is 25.2 Å². The third-order valence-electron chi connectivity index (χ3n) is 3.54. The second-order valence-corrected chi connectivity index (χ2v) is 4.75. The van der Waals surface area contributed by atoms with Crippen molar-refractivity contribution in [2.75, 3.05) is 34.4 Å². The van der Waals surface area contributed by atoms with E-state index in [9.17, 15) is 0 Å². The average molecular weight is 405 g/mol. The van der Waals surface area contributed by atoms with E-state index in [0.717, 1.165) is 36.1 Å². The van der Waals surface area contributed by atoms with Crippen LogP contribution in [0.4, 0.5) is 0 Å². The third-order valence-corrected chi connectivity index (χ3v) is 3.54. The number of likely N-dealkylation sites (tertiary alicyclic amines) is 1. The van der Waals surface area contributed by atoms with Gasteiger partial charge in [0.1, 0.15) is 0 Å². The summed E-state index contributed by atoms with van der Waals surface area (Å²) >= 11 is 0. The number of methoxy groups -OCH3 is 2. The molecule has 1 N–H and O–H groups in total. The van der Waals surface area contributed by atoms with Crippen LogP contribution in [-0.4, -0.2) is 45.2 Å². The van der Waals surface area contributed by atoms with Crippen LogP contribution < -0.4 is 14.8 Å². The maximum Gasteiger partial charge on any atom is 0.193 e. The maximum absolute atomic E-state index is 5.44. The summed E-state index contributed by atoms with van der Waals surface area (Å²) in [6.45, 7) is 2.83. The summed E-state index contributed by atoms with van der Waals surface area (Å²) in [5.41, 5.74) is 1.06. The number of aliphatic imine (C=N–C) groups is 1. The fraction of sp³-hybridized carbons (Fsp3) is 0.533. The molecular formula is C15H24IN3O2. The number of benzene rings is 1. The lowest BCUT2D eigenvalue weighted by molar-refractivity contribution is 0.351. The molecule has 5 nitrogen and oxygen atoms in total. The minimum atomic E-state index is 0. The smallest absolute Gasteiger partial charge is 0.193 e. The van der Waals surface area contributed by atoms with Crippen LogP contribution in [0.1, 0.15) is 18.4 Å². The summed E-state index contributed by atoms with van der Waals surface area (Å²) < 4.78 is 10.8. The first-order valence-electron chi connectivity index (χ1n) is 6.95. The highest BCUT2D eigenvalue weighted by Gasteiger charge is 2.16. The van der Waals surface area contributed by atoms with Gasteiger partial charge in [-0.05, 0) is 18.9 Å². The lowest BCUT2D eigenvalue weighted by Gasteiger charge is -2.21. The SMILES string of the molecule is CN=C(NCc1cccc(OC)c1OC)N1CCCC1.I. The van der Waals surface area contributed by atoms with Crippen LogP contribution in [0.25, 0.3) is 0 Å². The molecule has 2 rings (SSSR count). The zero-order valence-corrected chi connectivity index (χ0v) is 15.2. The first-order chi connectivity index (χ1) is 9.80. The van der Waals surface area contributed by atoms with Crippen molar-refractivity contribution in [2.45, 2.75) is 19.4 Å². The molecule has 0 saturated carbocycles. The van der Waals surface area contributed by atoms with Crippen LogP contribution in [0.15, 0.2) is 23.2 Å². The van der Waals surface area contributed by atoms with Crippen LogP contribution in [0.3, 0.4) is 0 Å². The third kappa shape index (κ3) is 4.39. The minimum absolute atomic E-state index is 0. The van der Waals surface area contributed by atoms with Gasteiger partial charge in [-0.2, -0.15) is 0 Å². The van der Waals surface area contributed by atoms with Gasteiger partial charge in [0.15, 0.2) is 17.5 Å². The molecule has 0 aliphatic carbocycles. The predicted octanol–water partition coefficient (Wildman–Crippen LogP) is 2.49. The van der Waals surface area contributed by atoms with E-state index in [1.165, 1.54) is 12.8 Å². The van der Waals surface area contributed by atoms with Gasteiger partial charge in [-0.1, -0.05) is 12.1 Å². The lowest BCUT2D eigenvalue weighted by atomic mass is 10.2. The summed E-state index contributed by atoms with van der Waals surface area (Å²) in [6.07, 6.45) is 2.48. The van der Waals surface area contributed by atoms with E-state index in [2.05, 4.69) is 15.2 Å². The summed E-state index contributed by atoms with van der Waals surface area (Å²) in [7, 11) is 5.14. The largest absolute Gasteiger partial charge is 0.493 e. The predicted molar refractivity (Wildman–Crippen MR) is 96.0 cm³/mol. The van der Waals surface area contributed by atoms with Crippen LogP contribution in [0.5, 0.6) is 11.5 Å². The Labute approximate surface area is 143 Å². The molecule has 0 aromatic heterocycles. The standard InChI is InChI=1S/C15H23N3O2.HI/c1-16-15(18-9-4-5-10-18)17-11-12-7-6-8-13(19-2)14(12)20-3;/h6-8H,4-5,9-11H2,1-3H3,(H,16,17);1H. The highest BCUT2D eigenvalue weighted by molar-refractivity contribution is 14.0. The molecule has 21 heavy (non-hydrogen) atoms. The molecule has 0 atom stereocenters. The molecule has 1 aliphatic rings. The van der Waals surface area contributed by atoms with Gasteiger partial charge in [0, 0.05) is 32.2 Å². The first kappa shape index (κ1) is 17.9. The Morgan fingerprint density at radius 2 is 1.95 bits per heavy atom. The van der Waals surface area contributed by atoms with Crippen molar-refractivity contribution in [1.82, 2.24) is 10.2 Å². The van der Waals surface area contributed by atoms with E-state index < -0.39 is 0 Å². The van der Waals surface area contributed by atoms with E-state index >= 15 is 0 Å². The molecule has 118 valence electrons. The molecule has 0 spiro atoms. The molecule has 1 heterocycles. The van der Waals surface area contributed by atoms with Crippen molar-refractivity contribution < 1.29 is 9.47 Å². The van der Waals surface area contributed by atoms with Gasteiger partial charge in [-0.25, -0.2) is 0 Å². The van der Waals surface area contributed by atoms with Gasteiger partial charge in [0.2, 0.25) is 0 Å². The van der Waals surface area contributed by atoms with Gasteiger partial charge < -0.3 is 19.7 Å². The Morgan fingerprint density at radius 3 is 2.52 bits per heavy atom. The summed E-state index contributed by atoms with van der Waals surface area (Å²) in [4.78, 5) is 6.63. The van der Waals surface area contributed by atoms with Crippen LogP contribution in [0, 0.1) is 0 Å². The van der Waals surface area contributed by atoms with E-state index in [4.69, 9.17) is 9.47 Å². The number of hydrogen-bond acceptors (Lipinski definition) is 3. The molecule has 1 fully saturated rings. The molecule has 1 aliphatic heterocycles. The Balaban J connectivity index is 0.00000220. The molecule has 1 saturated heterocycles. The normalized spacial score (nSPS) is 14.6. The number of ether oxygens (including phenoxy) is 2. The lowest BCUT2D eigenvalue weighted by Crippen LogP contribution is -2.39. The Hall–Kier alpha value is -1.18. The zero-order chi connectivity index (χ0) is 14.4. The fourth-order valence-electron chi connectivity index (χ4n) is 2.53. The van der Waals surface area contributed by atoms with Crippen molar-refractivity contribution in [3.05, 3.63) is 23.8 Å². The van der Waals surface area contributed by atoms with Gasteiger partial charge in [-0.3, -0.25) is 4.99 Å². The van der Waals surface area contributed by atoms with Gasteiger partial charge >= 0.3 is 0 Å². The first-order valence-corrected chi connectivity index (χ1v) is 6.95. The van der Waals surface area contributed by atoms with Crippen LogP contribution in [0.2, 0.25) is 0 Å². The van der Waals surface area contributed by atoms with Gasteiger partial charge in [0.05, 0.1) is 14.2 Å². The van der Waals surface area contributed by atoms with Gasteiger partial charge in [0.25, 0.3) is 0 Å². The Bertz CT molecular complexity index is 474. The number of guanidine groups is 1. The fourth-order valence-corrected chi connectivity index (χ4v) is 2.53. The van der Waals surface area contributed by atoms with Crippen molar-refractivity contribution in [3.63, 3.8) is 0 Å². The van der Waals surface area contributed by atoms with Crippen molar-refractivity contribution in [3.8, 4) is 11.5 Å². The molecule has 1 aromatic carbocycles. The quantitative estimate of drug-likeness (QED) is 0.475. The number of nitrogens with one attached hydrogen (secondary N) is 1. The van der Waals surface area contributed by atoms with Crippen molar-refractivity contribution >= 4 is 29.9 Å². The van der Waals surface area contributed by atoms with Crippen LogP contribution in [-0.2, 0) is 6.54 Å². The highest BCUT2D eigenvalue weighted by atomic mass is 127. The topological polar surface area (TPSA) is 46.1 Å². The number of rotatable bonds is 4. The molecule has 0 radical (unpaired) electrons. The Morgan fingerprint density at radius 1 is 1.24 bits per heavy atom. The zero-order valence-electron chi connectivity index (χ0n) is 12.9. The van der Waals surface area contributed by atoms with E-state index in [0.29, 0.717) is 6.54 Å². The number of hydrogen-bond donors (Lipinski definition) is 1. The van der Waals surface area contributed by atoms with Crippen LogP contribution >= 0.6 is 24.0 Å². The summed E-state index contributed by atoms with van der Waals surface area (Å²) in [5.74, 6) is 2.48. The molecule has 0 bridgehead atoms. The number of para-hydroxylation sites is 1. The molecule has 0 amide bonds. The molecule has 1 aromatic rings. The molecule has 0 unspecified atom stereocenters. The number of nitrogens with zero attached hydrogens (tertiary/aromatic N) is 2. The summed E-state index contributed by atoms with van der Waals surface area (Å²) in [6, 6.07) is 5.90. The molecule has 6 heteroatoms. The van der Waals surface area contributed by atoms with E-state index in [1.54, 1.807) is 14.2 Å². The highest BCUT2D eigenvalue weighted by Crippen LogP contribution is 2.30. The second-order valence-electron chi connectivity index (χ2n) is 4.75. The van der Waals surface area contributed by atoms with Crippen molar-refractivity contribution in [2.24, 2.45) is 4.99 Å². The molecular weight excluding hydrogens is 381 g/mol. The minimum Gasteiger partial charge on any atom is -0.493 e. The monoisotopic (exact) mass is 405 g/mol. The van der Waals surface area contributed by atoms with Crippen molar-refractivity contribution in [1.29, 1.82) is 0 Å². The Kier molecular flexibility index (Phi) is 7.63. The number of halogens is 1. The average Bonchev–Trinajstić information content (AvgIpc) is 3.01. The second kappa shape index (κ2) is 8.96. The maximum atomic E-state index is 5.44. The van der Waals surface area contributed by atoms with Gasteiger partial charge in [-0.15, -0.1) is 24.0 Å². The van der Waals surface area contributed by atoms with E-state index in [-0.39, 0.29) is 24.0 Å². The summed E-state index contributed by atoms with van der Waals surface area (Å²) in [5, 5.41) is 3.39.